The number of ether oxygens (including phenoxy) is 1. The van der Waals surface area contributed by atoms with Gasteiger partial charge in [0, 0.05) is 17.2 Å². The average Bonchev–Trinajstić information content (AvgIpc) is 3.16. The molecular formula is C29H41N3O6S. The largest absolute Gasteiger partial charge is 0.430 e. The first-order chi connectivity index (χ1) is 18.6. The van der Waals surface area contributed by atoms with E-state index in [1.54, 1.807) is 26.8 Å². The minimum atomic E-state index is -3.37. The third-order valence-electron chi connectivity index (χ3n) is 7.05. The predicted molar refractivity (Wildman–Crippen MR) is 153 cm³/mol. The molecule has 1 aliphatic rings. The Bertz CT molecular complexity index is 1340. The van der Waals surface area contributed by atoms with Crippen LogP contribution in [-0.4, -0.2) is 26.9 Å². The summed E-state index contributed by atoms with van der Waals surface area (Å²) in [5.74, 6) is -0.250. The first-order valence-electron chi connectivity index (χ1n) is 13.9. The van der Waals surface area contributed by atoms with E-state index >= 15 is 0 Å². The second-order valence-corrected chi connectivity index (χ2v) is 12.1. The summed E-state index contributed by atoms with van der Waals surface area (Å²) in [7, 11) is -3.37. The second kappa shape index (κ2) is 13.8. The molecule has 2 aromatic rings. The summed E-state index contributed by atoms with van der Waals surface area (Å²) in [6, 6.07) is 5.92. The number of carbonyl (C=O) groups excluding carboxylic acids is 2. The Kier molecular flexibility index (Phi) is 10.7. The van der Waals surface area contributed by atoms with Crippen molar-refractivity contribution in [2.24, 2.45) is 0 Å². The number of H-pyrrole nitrogens is 1. The maximum Gasteiger partial charge on any atom is 0.423 e. The molecule has 10 heteroatoms. The lowest BCUT2D eigenvalue weighted by atomic mass is 9.94. The van der Waals surface area contributed by atoms with Crippen molar-refractivity contribution < 1.29 is 22.7 Å². The summed E-state index contributed by atoms with van der Waals surface area (Å²) in [5, 5.41) is 0. The summed E-state index contributed by atoms with van der Waals surface area (Å²) in [5.41, 5.74) is 1.83. The van der Waals surface area contributed by atoms with Crippen molar-refractivity contribution in [3.8, 4) is 5.75 Å². The molecule has 9 nitrogen and oxygen atoms in total. The lowest BCUT2D eigenvalue weighted by Gasteiger charge is -2.20. The van der Waals surface area contributed by atoms with Crippen LogP contribution < -0.4 is 14.6 Å². The number of hydrogen-bond donors (Lipinski definition) is 2. The molecule has 2 N–H and O–H groups in total. The van der Waals surface area contributed by atoms with E-state index in [9.17, 15) is 18.6 Å². The highest BCUT2D eigenvalue weighted by Gasteiger charge is 2.45. The number of cyclic esters (lactones) is 1. The van der Waals surface area contributed by atoms with Gasteiger partial charge in [-0.05, 0) is 44.4 Å². The molecule has 2 heterocycles. The monoisotopic (exact) mass is 559 g/mol. The smallest absolute Gasteiger partial charge is 0.423 e. The fourth-order valence-corrected chi connectivity index (χ4v) is 6.24. The lowest BCUT2D eigenvalue weighted by Crippen LogP contribution is -2.31. The van der Waals surface area contributed by atoms with Crippen LogP contribution in [0.1, 0.15) is 99.5 Å². The zero-order valence-electron chi connectivity index (χ0n) is 23.5. The van der Waals surface area contributed by atoms with Crippen molar-refractivity contribution in [2.75, 3.05) is 10.7 Å². The Balaban J connectivity index is 1.65. The molecule has 1 saturated heterocycles. The van der Waals surface area contributed by atoms with Gasteiger partial charge in [0.05, 0.1) is 5.75 Å². The summed E-state index contributed by atoms with van der Waals surface area (Å²) >= 11 is 0. The maximum atomic E-state index is 13.3. The van der Waals surface area contributed by atoms with Gasteiger partial charge in [-0.2, -0.15) is 4.90 Å². The van der Waals surface area contributed by atoms with Crippen molar-refractivity contribution in [2.45, 2.75) is 98.0 Å². The van der Waals surface area contributed by atoms with Crippen LogP contribution in [0, 0.1) is 25.6 Å². The Morgan fingerprint density at radius 2 is 1.56 bits per heavy atom. The van der Waals surface area contributed by atoms with Crippen LogP contribution in [0.5, 0.6) is 5.75 Å². The number of benzene rings is 1. The van der Waals surface area contributed by atoms with Gasteiger partial charge in [0.25, 0.3) is 5.91 Å². The van der Waals surface area contributed by atoms with E-state index in [-0.39, 0.29) is 17.3 Å². The molecular weight excluding hydrogens is 518 g/mol. The molecule has 214 valence electrons. The van der Waals surface area contributed by atoms with Crippen LogP contribution in [0.25, 0.3) is 0 Å². The molecule has 0 saturated carbocycles. The molecule has 0 bridgehead atoms. The Morgan fingerprint density at radius 3 is 2.18 bits per heavy atom. The van der Waals surface area contributed by atoms with Crippen LogP contribution in [0.15, 0.2) is 29.1 Å². The molecule has 1 aromatic carbocycles. The van der Waals surface area contributed by atoms with E-state index in [0.29, 0.717) is 28.7 Å². The number of nitrogens with zero attached hydrogens (tertiary/aromatic N) is 1. The van der Waals surface area contributed by atoms with Gasteiger partial charge >= 0.3 is 6.09 Å². The number of nitrogens with one attached hydrogen (secondary N) is 2. The van der Waals surface area contributed by atoms with Gasteiger partial charge in [0.1, 0.15) is 11.6 Å². The number of pyridine rings is 1. The topological polar surface area (TPSA) is 130 Å². The number of unbranched alkanes of at least 4 members (excludes halogenated alkanes) is 9. The van der Waals surface area contributed by atoms with Crippen LogP contribution in [0.4, 0.5) is 10.6 Å². The van der Waals surface area contributed by atoms with Crippen molar-refractivity contribution in [1.82, 2.24) is 4.98 Å². The van der Waals surface area contributed by atoms with Crippen molar-refractivity contribution in [3.05, 3.63) is 56.9 Å². The van der Waals surface area contributed by atoms with Crippen LogP contribution in [0.2, 0.25) is 0 Å². The molecule has 1 aliphatic heterocycles. The summed E-state index contributed by atoms with van der Waals surface area (Å²) < 4.78 is 32.6. The number of amides is 2. The van der Waals surface area contributed by atoms with Crippen LogP contribution in [-0.2, 0) is 19.5 Å². The van der Waals surface area contributed by atoms with Gasteiger partial charge in [0.15, 0.2) is 0 Å². The molecule has 1 fully saturated rings. The first kappa shape index (κ1) is 30.4. The number of carbonyl (C=O) groups is 2. The standard InChI is InChI=1S/C29H41N3O6S/c1-5-6-7-8-9-10-11-12-13-14-18-39(30,36)38-26-21(3)19-20(2)25(22(26)4)27-28(34)32(29(35)37-27)23-16-15-17-24(33)31-23/h15-17,19,27,30H,5-14,18H2,1-4H3,(H,31,33). The summed E-state index contributed by atoms with van der Waals surface area (Å²) in [4.78, 5) is 40.8. The zero-order valence-corrected chi connectivity index (χ0v) is 24.3. The first-order valence-corrected chi connectivity index (χ1v) is 15.5. The minimum Gasteiger partial charge on any atom is -0.430 e. The van der Waals surface area contributed by atoms with Crippen molar-refractivity contribution >= 4 is 27.8 Å². The van der Waals surface area contributed by atoms with Crippen LogP contribution in [0.3, 0.4) is 0 Å². The predicted octanol–water partition coefficient (Wildman–Crippen LogP) is 6.79. The van der Waals surface area contributed by atoms with E-state index in [4.69, 9.17) is 13.7 Å². The molecule has 2 unspecified atom stereocenters. The van der Waals surface area contributed by atoms with Gasteiger partial charge in [-0.3, -0.25) is 9.59 Å². The Morgan fingerprint density at radius 1 is 0.949 bits per heavy atom. The summed E-state index contributed by atoms with van der Waals surface area (Å²) in [6.07, 6.45) is 9.18. The summed E-state index contributed by atoms with van der Waals surface area (Å²) in [6.45, 7) is 7.49. The number of aromatic nitrogens is 1. The molecule has 1 aromatic heterocycles. The van der Waals surface area contributed by atoms with E-state index in [1.165, 1.54) is 56.7 Å². The number of imide groups is 1. The number of aromatic amines is 1. The van der Waals surface area contributed by atoms with Crippen LogP contribution >= 0.6 is 0 Å². The number of hydrogen-bond acceptors (Lipinski definition) is 7. The third-order valence-corrected chi connectivity index (χ3v) is 8.31. The van der Waals surface area contributed by atoms with Gasteiger partial charge in [-0.25, -0.2) is 13.8 Å². The molecule has 2 amide bonds. The second-order valence-electron chi connectivity index (χ2n) is 10.3. The van der Waals surface area contributed by atoms with Gasteiger partial charge < -0.3 is 13.9 Å². The van der Waals surface area contributed by atoms with Gasteiger partial charge in [-0.1, -0.05) is 76.8 Å². The molecule has 39 heavy (non-hydrogen) atoms. The third kappa shape index (κ3) is 7.94. The number of aryl methyl sites for hydroxylation is 2. The Labute approximate surface area is 231 Å². The lowest BCUT2D eigenvalue weighted by molar-refractivity contribution is -0.122. The van der Waals surface area contributed by atoms with Crippen molar-refractivity contribution in [3.63, 3.8) is 0 Å². The van der Waals surface area contributed by atoms with E-state index in [1.807, 2.05) is 0 Å². The van der Waals surface area contributed by atoms with Gasteiger partial charge in [0.2, 0.25) is 21.7 Å². The molecule has 3 rings (SSSR count). The van der Waals surface area contributed by atoms with E-state index in [0.717, 1.165) is 24.2 Å². The highest BCUT2D eigenvalue weighted by molar-refractivity contribution is 7.88. The highest BCUT2D eigenvalue weighted by Crippen LogP contribution is 2.39. The molecule has 2 atom stereocenters. The number of anilines is 1. The zero-order chi connectivity index (χ0) is 28.6. The minimum absolute atomic E-state index is 0.0181. The van der Waals surface area contributed by atoms with E-state index < -0.39 is 33.7 Å². The molecule has 0 spiro atoms. The fourth-order valence-electron chi connectivity index (χ4n) is 5.05. The quantitative estimate of drug-likeness (QED) is 0.231. The normalized spacial score (nSPS) is 16.8. The van der Waals surface area contributed by atoms with Gasteiger partial charge in [-0.15, -0.1) is 0 Å². The fraction of sp³-hybridized carbons (Fsp3) is 0.552. The number of rotatable bonds is 15. The van der Waals surface area contributed by atoms with E-state index in [2.05, 4.69) is 11.9 Å². The molecule has 0 aliphatic carbocycles. The highest BCUT2D eigenvalue weighted by atomic mass is 32.2. The van der Waals surface area contributed by atoms with Crippen molar-refractivity contribution in [1.29, 1.82) is 4.78 Å². The maximum absolute atomic E-state index is 13.3. The molecule has 0 radical (unpaired) electrons. The SMILES string of the molecule is CCCCCCCCCCCCS(=N)(=O)Oc1c(C)cc(C)c(C2OC(=O)N(c3cccc(=O)[nH]3)C2=O)c1C. The Hall–Kier alpha value is -3.14. The average molecular weight is 560 g/mol.